The first-order chi connectivity index (χ1) is 8.81. The van der Waals surface area contributed by atoms with E-state index in [1.54, 1.807) is 0 Å². The Hall–Kier alpha value is -1.96. The van der Waals surface area contributed by atoms with Gasteiger partial charge in [-0.1, -0.05) is 30.3 Å². The molecule has 0 amide bonds. The highest BCUT2D eigenvalue weighted by atomic mass is 16.1. The van der Waals surface area contributed by atoms with Crippen LogP contribution in [-0.4, -0.2) is 12.1 Å². The first-order valence-corrected chi connectivity index (χ1v) is 6.23. The average molecular weight is 237 g/mol. The van der Waals surface area contributed by atoms with E-state index >= 15 is 0 Å². The lowest BCUT2D eigenvalue weighted by molar-refractivity contribution is 0.1000. The van der Waals surface area contributed by atoms with Gasteiger partial charge in [0.1, 0.15) is 0 Å². The van der Waals surface area contributed by atoms with Crippen molar-refractivity contribution in [3.63, 3.8) is 0 Å². The summed E-state index contributed by atoms with van der Waals surface area (Å²) in [7, 11) is 0. The first-order valence-electron chi connectivity index (χ1n) is 6.23. The van der Waals surface area contributed by atoms with Crippen molar-refractivity contribution < 1.29 is 9.59 Å². The summed E-state index contributed by atoms with van der Waals surface area (Å²) in [5.74, 6) is 0.217. The number of carbonyl (C=O) groups is 1. The molecule has 18 heavy (non-hydrogen) atoms. The van der Waals surface area contributed by atoms with Crippen molar-refractivity contribution in [2.45, 2.75) is 25.7 Å². The molecule has 3 rings (SSSR count). The second-order valence-corrected chi connectivity index (χ2v) is 4.71. The summed E-state index contributed by atoms with van der Waals surface area (Å²) in [5.41, 5.74) is 3.21. The lowest BCUT2D eigenvalue weighted by Gasteiger charge is -2.07. The van der Waals surface area contributed by atoms with E-state index in [4.69, 9.17) is 0 Å². The largest absolute Gasteiger partial charge is 0.294 e. The number of benzene rings is 2. The molecule has 0 N–H and O–H groups in total. The molecule has 89 valence electrons. The maximum atomic E-state index is 11.9. The molecule has 0 atom stereocenters. The molecule has 0 aliphatic heterocycles. The van der Waals surface area contributed by atoms with E-state index in [2.05, 4.69) is 18.2 Å². The van der Waals surface area contributed by atoms with Gasteiger partial charge in [0.25, 0.3) is 0 Å². The Morgan fingerprint density at radius 2 is 2.06 bits per heavy atom. The van der Waals surface area contributed by atoms with Crippen LogP contribution in [0.2, 0.25) is 0 Å². The fourth-order valence-electron chi connectivity index (χ4n) is 2.76. The minimum Gasteiger partial charge on any atom is -0.294 e. The van der Waals surface area contributed by atoms with E-state index in [-0.39, 0.29) is 5.78 Å². The van der Waals surface area contributed by atoms with Gasteiger partial charge in [-0.25, -0.2) is 0 Å². The van der Waals surface area contributed by atoms with E-state index in [1.165, 1.54) is 10.9 Å². The van der Waals surface area contributed by atoms with Crippen molar-refractivity contribution in [2.75, 3.05) is 0 Å². The van der Waals surface area contributed by atoms with Gasteiger partial charge in [0.2, 0.25) is 0 Å². The Labute approximate surface area is 106 Å². The molecule has 2 heteroatoms. The highest BCUT2D eigenvalue weighted by Crippen LogP contribution is 2.33. The van der Waals surface area contributed by atoms with Gasteiger partial charge in [0, 0.05) is 18.4 Å². The zero-order valence-electron chi connectivity index (χ0n) is 10.0. The summed E-state index contributed by atoms with van der Waals surface area (Å²) >= 11 is 0. The van der Waals surface area contributed by atoms with Crippen LogP contribution < -0.4 is 0 Å². The maximum Gasteiger partial charge on any atom is 0.198 e. The topological polar surface area (TPSA) is 34.1 Å². The van der Waals surface area contributed by atoms with Crippen LogP contribution in [0.5, 0.6) is 0 Å². The molecule has 1 aliphatic carbocycles. The summed E-state index contributed by atoms with van der Waals surface area (Å²) in [6, 6.07) is 10.1. The third kappa shape index (κ3) is 1.65. The zero-order chi connectivity index (χ0) is 12.5. The van der Waals surface area contributed by atoms with Crippen LogP contribution in [0.25, 0.3) is 10.8 Å². The molecule has 0 spiro atoms. The maximum absolute atomic E-state index is 11.9. The van der Waals surface area contributed by atoms with Crippen molar-refractivity contribution in [2.24, 2.45) is 0 Å². The molecular weight excluding hydrogens is 224 g/mol. The molecule has 0 bridgehead atoms. The summed E-state index contributed by atoms with van der Waals surface area (Å²) in [4.78, 5) is 22.1. The molecule has 0 aromatic heterocycles. The lowest BCUT2D eigenvalue weighted by atomic mass is 9.97. The standard InChI is InChI=1S/C16H13O2/c17-9-2-1-4-11-7-8-12-10-15(18)14-6-3-5-13(11)16(12)14/h3,5-8H,1-2,4,10H2. The molecule has 0 saturated carbocycles. The van der Waals surface area contributed by atoms with Crippen molar-refractivity contribution in [3.05, 3.63) is 47.0 Å². The number of ketones is 1. The number of unbranched alkanes of at least 4 members (excludes halogenated alkanes) is 1. The van der Waals surface area contributed by atoms with Crippen molar-refractivity contribution in [1.29, 1.82) is 0 Å². The van der Waals surface area contributed by atoms with Crippen LogP contribution in [0.1, 0.15) is 34.3 Å². The minimum atomic E-state index is 0.217. The Morgan fingerprint density at radius 3 is 2.89 bits per heavy atom. The third-order valence-corrected chi connectivity index (χ3v) is 3.59. The van der Waals surface area contributed by atoms with E-state index in [0.717, 1.165) is 29.4 Å². The smallest absolute Gasteiger partial charge is 0.198 e. The van der Waals surface area contributed by atoms with Gasteiger partial charge in [-0.05, 0) is 34.7 Å². The van der Waals surface area contributed by atoms with E-state index in [1.807, 2.05) is 18.4 Å². The quantitative estimate of drug-likeness (QED) is 0.766. The monoisotopic (exact) mass is 237 g/mol. The predicted octanol–water partition coefficient (Wildman–Crippen LogP) is 3.01. The van der Waals surface area contributed by atoms with Gasteiger partial charge < -0.3 is 0 Å². The lowest BCUT2D eigenvalue weighted by Crippen LogP contribution is -1.93. The second-order valence-electron chi connectivity index (χ2n) is 4.71. The third-order valence-electron chi connectivity index (χ3n) is 3.59. The van der Waals surface area contributed by atoms with Crippen molar-refractivity contribution >= 4 is 22.8 Å². The number of hydrogen-bond donors (Lipinski definition) is 0. The Kier molecular flexibility index (Phi) is 2.71. The second kappa shape index (κ2) is 4.37. The number of carbonyl (C=O) groups excluding carboxylic acids is 2. The number of hydrogen-bond acceptors (Lipinski definition) is 2. The van der Waals surface area contributed by atoms with Gasteiger partial charge in [0.15, 0.2) is 12.1 Å². The van der Waals surface area contributed by atoms with Crippen molar-refractivity contribution in [3.8, 4) is 0 Å². The number of rotatable bonds is 4. The molecule has 0 saturated heterocycles. The van der Waals surface area contributed by atoms with Crippen LogP contribution in [0.4, 0.5) is 0 Å². The van der Waals surface area contributed by atoms with Gasteiger partial charge >= 0.3 is 0 Å². The van der Waals surface area contributed by atoms with E-state index < -0.39 is 0 Å². The average Bonchev–Trinajstić information content (AvgIpc) is 2.71. The normalized spacial score (nSPS) is 13.2. The SMILES string of the molecule is O=[C]CCCc1ccc2c3c(cccc13)C(=O)C2. The summed E-state index contributed by atoms with van der Waals surface area (Å²) in [6.07, 6.45) is 4.60. The molecule has 2 aromatic carbocycles. The molecule has 0 heterocycles. The van der Waals surface area contributed by atoms with Gasteiger partial charge in [0.05, 0.1) is 0 Å². The Balaban J connectivity index is 2.10. The highest BCUT2D eigenvalue weighted by molar-refractivity contribution is 6.16. The molecule has 2 nitrogen and oxygen atoms in total. The van der Waals surface area contributed by atoms with Crippen LogP contribution in [0.15, 0.2) is 30.3 Å². The first kappa shape index (κ1) is 11.1. The highest BCUT2D eigenvalue weighted by Gasteiger charge is 2.22. The number of Topliss-reactive ketones (excluding diaryl/α,β-unsaturated/α-hetero) is 1. The summed E-state index contributed by atoms with van der Waals surface area (Å²) < 4.78 is 0. The van der Waals surface area contributed by atoms with Crippen LogP contribution in [0, 0.1) is 0 Å². The number of aryl methyl sites for hydroxylation is 1. The van der Waals surface area contributed by atoms with Crippen LogP contribution >= 0.6 is 0 Å². The van der Waals surface area contributed by atoms with E-state index in [0.29, 0.717) is 12.8 Å². The fourth-order valence-corrected chi connectivity index (χ4v) is 2.76. The summed E-state index contributed by atoms with van der Waals surface area (Å²) in [5, 5.41) is 2.29. The summed E-state index contributed by atoms with van der Waals surface area (Å²) in [6.45, 7) is 0. The molecule has 0 fully saturated rings. The van der Waals surface area contributed by atoms with Gasteiger partial charge in [-0.2, -0.15) is 0 Å². The van der Waals surface area contributed by atoms with Gasteiger partial charge in [-0.15, -0.1) is 0 Å². The molecular formula is C16H13O2. The minimum absolute atomic E-state index is 0.217. The molecule has 2 aromatic rings. The Bertz CT molecular complexity index is 641. The molecule has 0 unspecified atom stereocenters. The fraction of sp³-hybridized carbons (Fsp3) is 0.250. The predicted molar refractivity (Wildman–Crippen MR) is 70.6 cm³/mol. The van der Waals surface area contributed by atoms with Crippen LogP contribution in [0.3, 0.4) is 0 Å². The molecule has 1 aliphatic rings. The molecule has 1 radical (unpaired) electrons. The van der Waals surface area contributed by atoms with Gasteiger partial charge in [-0.3, -0.25) is 9.59 Å². The van der Waals surface area contributed by atoms with E-state index in [9.17, 15) is 9.59 Å². The zero-order valence-corrected chi connectivity index (χ0v) is 10.0. The van der Waals surface area contributed by atoms with Crippen LogP contribution in [-0.2, 0) is 17.6 Å². The Morgan fingerprint density at radius 1 is 1.17 bits per heavy atom. The van der Waals surface area contributed by atoms with Crippen molar-refractivity contribution in [1.82, 2.24) is 0 Å².